The largest absolute Gasteiger partial charge is 0.405 e. The zero-order valence-electron chi connectivity index (χ0n) is 25.7. The standard InChI is InChI=1S/C34H39ClN2O6Si/c1-23-21-37(33(39)36-31(23)38)30-20-28(43-32(40-5)24-16-18-25(35)19-17-24)29(42-30)22-41-44(34(2,3)4,26-12-8-6-9-13-26)27-14-10-7-11-15-27/h6-19,21,28-30,32H,20,22H2,1-5H3,(H,36,38,39)/t28-,29-,30-,32?/m1/s1. The molecule has 0 amide bonds. The summed E-state index contributed by atoms with van der Waals surface area (Å²) in [5.41, 5.74) is 0.238. The van der Waals surface area contributed by atoms with Gasteiger partial charge in [0, 0.05) is 35.9 Å². The number of benzene rings is 3. The third kappa shape index (κ3) is 6.54. The summed E-state index contributed by atoms with van der Waals surface area (Å²) in [4.78, 5) is 27.4. The quantitative estimate of drug-likeness (QED) is 0.193. The highest BCUT2D eigenvalue weighted by Gasteiger charge is 2.51. The predicted molar refractivity (Wildman–Crippen MR) is 174 cm³/mol. The van der Waals surface area contributed by atoms with Gasteiger partial charge in [0.05, 0.1) is 12.7 Å². The Bertz CT molecular complexity index is 1610. The summed E-state index contributed by atoms with van der Waals surface area (Å²) in [6.07, 6.45) is -0.569. The highest BCUT2D eigenvalue weighted by atomic mass is 35.5. The van der Waals surface area contributed by atoms with Gasteiger partial charge in [-0.2, -0.15) is 0 Å². The number of aromatic nitrogens is 2. The molecular formula is C34H39ClN2O6Si. The molecular weight excluding hydrogens is 596 g/mol. The van der Waals surface area contributed by atoms with Gasteiger partial charge in [0.15, 0.2) is 6.29 Å². The van der Waals surface area contributed by atoms with E-state index in [1.54, 1.807) is 26.2 Å². The molecule has 4 aromatic rings. The number of hydrogen-bond acceptors (Lipinski definition) is 6. The van der Waals surface area contributed by atoms with Crippen LogP contribution in [0.3, 0.4) is 0 Å². The first kappa shape index (κ1) is 32.1. The maximum Gasteiger partial charge on any atom is 0.330 e. The second kappa shape index (κ2) is 13.4. The lowest BCUT2D eigenvalue weighted by atomic mass is 10.1. The summed E-state index contributed by atoms with van der Waals surface area (Å²) in [6.45, 7) is 8.52. The van der Waals surface area contributed by atoms with Crippen LogP contribution in [0.25, 0.3) is 0 Å². The Kier molecular flexibility index (Phi) is 9.74. The molecule has 0 bridgehead atoms. The van der Waals surface area contributed by atoms with Gasteiger partial charge in [0.2, 0.25) is 0 Å². The van der Waals surface area contributed by atoms with Crippen LogP contribution in [-0.2, 0) is 18.6 Å². The van der Waals surface area contributed by atoms with Gasteiger partial charge >= 0.3 is 5.69 Å². The molecule has 10 heteroatoms. The molecule has 1 saturated heterocycles. The fraction of sp³-hybridized carbons (Fsp3) is 0.353. The van der Waals surface area contributed by atoms with E-state index < -0.39 is 44.3 Å². The SMILES string of the molecule is COC(O[C@@H]1C[C@H](n2cc(C)c(=O)[nH]c2=O)O[C@@H]1CO[Si](c1ccccc1)(c1ccccc1)C(C)(C)C)c1ccc(Cl)cc1. The average Bonchev–Trinajstić information content (AvgIpc) is 3.41. The summed E-state index contributed by atoms with van der Waals surface area (Å²) >= 11 is 6.13. The van der Waals surface area contributed by atoms with Crippen molar-refractivity contribution in [2.24, 2.45) is 0 Å². The molecule has 4 atom stereocenters. The Morgan fingerprint density at radius 1 is 0.977 bits per heavy atom. The summed E-state index contributed by atoms with van der Waals surface area (Å²) in [6, 6.07) is 28.0. The zero-order valence-corrected chi connectivity index (χ0v) is 27.4. The van der Waals surface area contributed by atoms with E-state index in [4.69, 9.17) is 30.2 Å². The van der Waals surface area contributed by atoms with Crippen LogP contribution in [0.15, 0.2) is 101 Å². The summed E-state index contributed by atoms with van der Waals surface area (Å²) in [5.74, 6) is 0. The molecule has 0 saturated carbocycles. The summed E-state index contributed by atoms with van der Waals surface area (Å²) < 4.78 is 27.5. The minimum Gasteiger partial charge on any atom is -0.405 e. The molecule has 5 rings (SSSR count). The van der Waals surface area contributed by atoms with Gasteiger partial charge in [-0.3, -0.25) is 14.3 Å². The third-order valence-corrected chi connectivity index (χ3v) is 13.4. The minimum atomic E-state index is -2.89. The first-order chi connectivity index (χ1) is 21.0. The molecule has 0 aliphatic carbocycles. The van der Waals surface area contributed by atoms with E-state index in [0.29, 0.717) is 17.0 Å². The lowest BCUT2D eigenvalue weighted by Gasteiger charge is -2.43. The van der Waals surface area contributed by atoms with Crippen molar-refractivity contribution in [2.75, 3.05) is 13.7 Å². The van der Waals surface area contributed by atoms with Gasteiger partial charge in [-0.15, -0.1) is 0 Å². The molecule has 232 valence electrons. The number of methoxy groups -OCH3 is 1. The van der Waals surface area contributed by atoms with Crippen LogP contribution in [0.2, 0.25) is 10.1 Å². The molecule has 1 aliphatic rings. The minimum absolute atomic E-state index is 0.211. The van der Waals surface area contributed by atoms with Crippen LogP contribution in [0, 0.1) is 6.92 Å². The Morgan fingerprint density at radius 2 is 1.57 bits per heavy atom. The monoisotopic (exact) mass is 634 g/mol. The van der Waals surface area contributed by atoms with Crippen LogP contribution in [0.5, 0.6) is 0 Å². The van der Waals surface area contributed by atoms with Gasteiger partial charge in [0.1, 0.15) is 12.3 Å². The smallest absolute Gasteiger partial charge is 0.330 e. The number of nitrogens with one attached hydrogen (secondary N) is 1. The Labute approximate surface area is 263 Å². The normalized spacial score (nSPS) is 19.6. The number of H-pyrrole nitrogens is 1. The van der Waals surface area contributed by atoms with Crippen molar-refractivity contribution in [3.05, 3.63) is 128 Å². The average molecular weight is 635 g/mol. The topological polar surface area (TPSA) is 91.8 Å². The highest BCUT2D eigenvalue weighted by Crippen LogP contribution is 2.39. The number of aryl methyl sites for hydroxylation is 1. The van der Waals surface area contributed by atoms with E-state index in [1.807, 2.05) is 48.5 Å². The predicted octanol–water partition coefficient (Wildman–Crippen LogP) is 5.09. The molecule has 2 heterocycles. The van der Waals surface area contributed by atoms with E-state index in [1.165, 1.54) is 10.8 Å². The Balaban J connectivity index is 1.52. The Hall–Kier alpha value is -3.31. The van der Waals surface area contributed by atoms with Crippen LogP contribution < -0.4 is 21.6 Å². The van der Waals surface area contributed by atoms with E-state index >= 15 is 0 Å². The number of aromatic amines is 1. The lowest BCUT2D eigenvalue weighted by molar-refractivity contribution is -0.175. The van der Waals surface area contributed by atoms with Crippen LogP contribution in [-0.4, -0.2) is 43.8 Å². The van der Waals surface area contributed by atoms with Crippen molar-refractivity contribution in [2.45, 2.75) is 63.9 Å². The molecule has 1 aromatic heterocycles. The Morgan fingerprint density at radius 3 is 2.11 bits per heavy atom. The van der Waals surface area contributed by atoms with Crippen LogP contribution >= 0.6 is 11.6 Å². The second-order valence-electron chi connectivity index (χ2n) is 12.1. The number of halogens is 1. The van der Waals surface area contributed by atoms with Gasteiger partial charge in [-0.25, -0.2) is 4.79 Å². The molecule has 8 nitrogen and oxygen atoms in total. The van der Waals surface area contributed by atoms with E-state index in [2.05, 4.69) is 50.0 Å². The van der Waals surface area contributed by atoms with E-state index in [9.17, 15) is 9.59 Å². The molecule has 1 unspecified atom stereocenters. The fourth-order valence-corrected chi connectivity index (χ4v) is 10.7. The number of ether oxygens (including phenoxy) is 3. The van der Waals surface area contributed by atoms with Crippen molar-refractivity contribution >= 4 is 30.3 Å². The third-order valence-electron chi connectivity index (χ3n) is 8.17. The number of nitrogens with zero attached hydrogens (tertiary/aromatic N) is 1. The van der Waals surface area contributed by atoms with Crippen molar-refractivity contribution < 1.29 is 18.6 Å². The van der Waals surface area contributed by atoms with Crippen molar-refractivity contribution in [3.63, 3.8) is 0 Å². The summed E-state index contributed by atoms with van der Waals surface area (Å²) in [7, 11) is -1.31. The van der Waals surface area contributed by atoms with Gasteiger partial charge in [-0.05, 0) is 34.5 Å². The molecule has 0 radical (unpaired) electrons. The zero-order chi connectivity index (χ0) is 31.5. The van der Waals surface area contributed by atoms with Gasteiger partial charge < -0.3 is 18.6 Å². The maximum absolute atomic E-state index is 12.9. The fourth-order valence-electron chi connectivity index (χ4n) is 5.98. The molecule has 44 heavy (non-hydrogen) atoms. The van der Waals surface area contributed by atoms with Crippen LogP contribution in [0.1, 0.15) is 50.8 Å². The number of hydrogen-bond donors (Lipinski definition) is 1. The summed E-state index contributed by atoms with van der Waals surface area (Å²) in [5, 5.41) is 2.66. The van der Waals surface area contributed by atoms with Crippen molar-refractivity contribution in [1.82, 2.24) is 9.55 Å². The maximum atomic E-state index is 12.9. The number of rotatable bonds is 10. The molecule has 1 aliphatic heterocycles. The van der Waals surface area contributed by atoms with Crippen LogP contribution in [0.4, 0.5) is 0 Å². The van der Waals surface area contributed by atoms with E-state index in [0.717, 1.165) is 15.9 Å². The molecule has 0 spiro atoms. The van der Waals surface area contributed by atoms with Crippen molar-refractivity contribution in [3.8, 4) is 0 Å². The molecule has 1 fully saturated rings. The molecule has 1 N–H and O–H groups in total. The van der Waals surface area contributed by atoms with E-state index in [-0.39, 0.29) is 11.6 Å². The second-order valence-corrected chi connectivity index (χ2v) is 16.9. The van der Waals surface area contributed by atoms with Gasteiger partial charge in [-0.1, -0.05) is 105 Å². The lowest BCUT2D eigenvalue weighted by Crippen LogP contribution is -2.67. The first-order valence-electron chi connectivity index (χ1n) is 14.7. The first-order valence-corrected chi connectivity index (χ1v) is 17.0. The highest BCUT2D eigenvalue weighted by molar-refractivity contribution is 6.99. The molecule has 3 aromatic carbocycles. The van der Waals surface area contributed by atoms with Gasteiger partial charge in [0.25, 0.3) is 13.9 Å². The van der Waals surface area contributed by atoms with Crippen molar-refractivity contribution in [1.29, 1.82) is 0 Å².